The van der Waals surface area contributed by atoms with Crippen molar-refractivity contribution in [3.8, 4) is 0 Å². The fraction of sp³-hybridized carbons (Fsp3) is 0.400. The van der Waals surface area contributed by atoms with E-state index in [-0.39, 0.29) is 23.9 Å². The summed E-state index contributed by atoms with van der Waals surface area (Å²) in [6.07, 6.45) is -5.85. The molecule has 0 aliphatic carbocycles. The predicted octanol–water partition coefficient (Wildman–Crippen LogP) is 1.10. The molecule has 13 heteroatoms. The van der Waals surface area contributed by atoms with Gasteiger partial charge in [-0.25, -0.2) is 14.8 Å². The molecular weight excluding hydrogens is 505 g/mol. The van der Waals surface area contributed by atoms with Crippen molar-refractivity contribution in [1.29, 1.82) is 0 Å². The van der Waals surface area contributed by atoms with Crippen LogP contribution >= 0.6 is 0 Å². The molecule has 10 nitrogen and oxygen atoms in total. The maximum absolute atomic E-state index is 13.3. The molecule has 1 saturated heterocycles. The van der Waals surface area contributed by atoms with Crippen LogP contribution < -0.4 is 16.8 Å². The minimum atomic E-state index is -4.57. The van der Waals surface area contributed by atoms with Crippen molar-refractivity contribution < 1.29 is 32.9 Å². The molecule has 2 aromatic rings. The number of halogens is 3. The number of hydrogen-bond donors (Lipinski definition) is 5. The molecule has 3 aliphatic rings. The maximum atomic E-state index is 13.3. The molecule has 1 unspecified atom stereocenters. The molecule has 5 rings (SSSR count). The molecule has 202 valence electrons. The summed E-state index contributed by atoms with van der Waals surface area (Å²) in [5.74, 6) is -0.992. The lowest BCUT2D eigenvalue weighted by Gasteiger charge is -2.51. The number of nitrogens with one attached hydrogen (secondary N) is 1. The number of carbonyl (C=O) groups is 1. The van der Waals surface area contributed by atoms with Crippen LogP contribution in [0.2, 0.25) is 0 Å². The number of rotatable bonds is 5. The van der Waals surface area contributed by atoms with E-state index in [2.05, 4.69) is 15.3 Å². The van der Waals surface area contributed by atoms with E-state index in [1.807, 2.05) is 0 Å². The van der Waals surface area contributed by atoms with Crippen molar-refractivity contribution >= 4 is 17.9 Å². The monoisotopic (exact) mass is 532 g/mol. The highest BCUT2D eigenvalue weighted by atomic mass is 19.4. The van der Waals surface area contributed by atoms with Gasteiger partial charge in [0.1, 0.15) is 17.7 Å². The average Bonchev–Trinajstić information content (AvgIpc) is 3.36. The Morgan fingerprint density at radius 1 is 1.13 bits per heavy atom. The molecule has 0 saturated carbocycles. The number of alkyl halides is 3. The average molecular weight is 533 g/mol. The second kappa shape index (κ2) is 8.88. The summed E-state index contributed by atoms with van der Waals surface area (Å²) in [5.41, 5.74) is 8.64. The van der Waals surface area contributed by atoms with E-state index in [0.29, 0.717) is 5.56 Å². The molecule has 3 aliphatic heterocycles. The molecule has 6 atom stereocenters. The van der Waals surface area contributed by atoms with Gasteiger partial charge in [0.25, 0.3) is 0 Å². The van der Waals surface area contributed by atoms with Crippen molar-refractivity contribution in [3.05, 3.63) is 71.3 Å². The Hall–Kier alpha value is -3.84. The van der Waals surface area contributed by atoms with Crippen LogP contribution in [0.1, 0.15) is 40.9 Å². The molecule has 0 aromatic heterocycles. The highest BCUT2D eigenvalue weighted by Gasteiger charge is 2.76. The smallest absolute Gasteiger partial charge is 0.416 e. The van der Waals surface area contributed by atoms with E-state index in [0.717, 1.165) is 24.3 Å². The molecule has 0 bridgehead atoms. The summed E-state index contributed by atoms with van der Waals surface area (Å²) in [4.78, 5) is 23.7. The zero-order valence-corrected chi connectivity index (χ0v) is 20.3. The second-order valence-electron chi connectivity index (χ2n) is 9.49. The van der Waals surface area contributed by atoms with E-state index < -0.39 is 59.8 Å². The Morgan fingerprint density at radius 3 is 2.37 bits per heavy atom. The summed E-state index contributed by atoms with van der Waals surface area (Å²) in [6, 6.07) is 9.81. The number of esters is 1. The van der Waals surface area contributed by atoms with Gasteiger partial charge in [0.15, 0.2) is 23.7 Å². The number of nitrogens with zero attached hydrogens (tertiary/aromatic N) is 3. The van der Waals surface area contributed by atoms with Gasteiger partial charge in [-0.1, -0.05) is 37.3 Å². The van der Waals surface area contributed by atoms with E-state index in [1.165, 1.54) is 0 Å². The van der Waals surface area contributed by atoms with Crippen LogP contribution in [0.4, 0.5) is 13.2 Å². The molecule has 38 heavy (non-hydrogen) atoms. The first-order chi connectivity index (χ1) is 18.0. The van der Waals surface area contributed by atoms with Gasteiger partial charge in [0.2, 0.25) is 0 Å². The molecule has 0 amide bonds. The van der Waals surface area contributed by atoms with E-state index >= 15 is 0 Å². The minimum absolute atomic E-state index is 0.0169. The number of hydrogen-bond acceptors (Lipinski definition) is 10. The van der Waals surface area contributed by atoms with Gasteiger partial charge in [-0.2, -0.15) is 13.2 Å². The number of benzene rings is 2. The number of aliphatic imine (C=N–C) groups is 2. The van der Waals surface area contributed by atoms with Crippen molar-refractivity contribution in [2.75, 3.05) is 6.61 Å². The first-order valence-corrected chi connectivity index (χ1v) is 12.0. The van der Waals surface area contributed by atoms with E-state index in [9.17, 15) is 28.2 Å². The Bertz CT molecular complexity index is 1290. The van der Waals surface area contributed by atoms with Crippen LogP contribution in [-0.4, -0.2) is 69.1 Å². The van der Waals surface area contributed by atoms with E-state index in [4.69, 9.17) is 16.2 Å². The zero-order chi connectivity index (χ0) is 27.5. The first-order valence-electron chi connectivity index (χ1n) is 12.0. The van der Waals surface area contributed by atoms with Crippen LogP contribution in [0.15, 0.2) is 64.6 Å². The molecule has 0 radical (unpaired) electrons. The first kappa shape index (κ1) is 25.8. The van der Waals surface area contributed by atoms with Gasteiger partial charge in [-0.05, 0) is 36.2 Å². The molecule has 2 aromatic carbocycles. The van der Waals surface area contributed by atoms with Crippen molar-refractivity contribution in [2.45, 2.75) is 55.0 Å². The number of aliphatic hydroxyl groups is 2. The Labute approximate surface area is 215 Å². The standard InChI is InChI=1S/C25H27F3N6O4/c1-2-23(37)19(38-20(36)14-8-10-15(11-9-14)25(26,27)28)17(13-6-4-3-5-7-13)34-22(30)31-16(12-35)18-24(23,34)33-21(29)32-18/h3-11,16-19,35,37H,2,12H2,1H3,(H2,30,31)(H3,29,32,33)/t16-,17-,18?,19-,23-,24-/m0/s1. The number of nitrogens with two attached hydrogens (primary N) is 2. The van der Waals surface area contributed by atoms with Crippen LogP contribution in [0, 0.1) is 0 Å². The zero-order valence-electron chi connectivity index (χ0n) is 20.3. The third-order valence-electron chi connectivity index (χ3n) is 7.56. The minimum Gasteiger partial charge on any atom is -0.453 e. The normalized spacial score (nSPS) is 32.1. The van der Waals surface area contributed by atoms with Gasteiger partial charge in [-0.3, -0.25) is 0 Å². The highest BCUT2D eigenvalue weighted by molar-refractivity contribution is 5.91. The number of guanidine groups is 2. The summed E-state index contributed by atoms with van der Waals surface area (Å²) < 4.78 is 45.0. The number of ether oxygens (including phenoxy) is 1. The summed E-state index contributed by atoms with van der Waals surface area (Å²) >= 11 is 0. The van der Waals surface area contributed by atoms with Crippen molar-refractivity contribution in [2.24, 2.45) is 21.5 Å². The Balaban J connectivity index is 1.63. The van der Waals surface area contributed by atoms with Crippen LogP contribution in [0.3, 0.4) is 0 Å². The molecule has 1 spiro atoms. The topological polar surface area (TPSA) is 159 Å². The van der Waals surface area contributed by atoms with Gasteiger partial charge in [-0.15, -0.1) is 0 Å². The summed E-state index contributed by atoms with van der Waals surface area (Å²) in [6.45, 7) is 1.24. The fourth-order valence-corrected chi connectivity index (χ4v) is 5.87. The lowest BCUT2D eigenvalue weighted by atomic mass is 9.76. The Morgan fingerprint density at radius 2 is 1.79 bits per heavy atom. The highest BCUT2D eigenvalue weighted by Crippen LogP contribution is 2.56. The van der Waals surface area contributed by atoms with Crippen LogP contribution in [0.5, 0.6) is 0 Å². The molecule has 1 fully saturated rings. The predicted molar refractivity (Wildman–Crippen MR) is 131 cm³/mol. The Kier molecular flexibility index (Phi) is 6.03. The quantitative estimate of drug-likeness (QED) is 0.358. The van der Waals surface area contributed by atoms with Crippen molar-refractivity contribution in [1.82, 2.24) is 10.2 Å². The number of carbonyl (C=O) groups excluding carboxylic acids is 1. The SMILES string of the molecule is CC[C@]1(O)[C@@H](OC(=O)c2ccc(C(F)(F)F)cc2)[C@H](c2ccccc2)N2C(N)=N[C@@H](CO)C3N=C(N)N[C@@]321. The van der Waals surface area contributed by atoms with Gasteiger partial charge in [0, 0.05) is 0 Å². The van der Waals surface area contributed by atoms with Crippen LogP contribution in [0.25, 0.3) is 0 Å². The lowest BCUT2D eigenvalue weighted by Crippen LogP contribution is -2.77. The number of aliphatic hydroxyl groups excluding tert-OH is 1. The van der Waals surface area contributed by atoms with Gasteiger partial charge >= 0.3 is 12.1 Å². The molecule has 3 heterocycles. The fourth-order valence-electron chi connectivity index (χ4n) is 5.87. The van der Waals surface area contributed by atoms with Crippen molar-refractivity contribution in [3.63, 3.8) is 0 Å². The summed E-state index contributed by atoms with van der Waals surface area (Å²) in [5, 5.41) is 25.5. The third-order valence-corrected chi connectivity index (χ3v) is 7.56. The maximum Gasteiger partial charge on any atom is 0.416 e. The largest absolute Gasteiger partial charge is 0.453 e. The summed E-state index contributed by atoms with van der Waals surface area (Å²) in [7, 11) is 0. The molecule has 7 N–H and O–H groups in total. The van der Waals surface area contributed by atoms with Crippen LogP contribution in [-0.2, 0) is 10.9 Å². The molecular formula is C25H27F3N6O4. The van der Waals surface area contributed by atoms with E-state index in [1.54, 1.807) is 42.2 Å². The second-order valence-corrected chi connectivity index (χ2v) is 9.49. The van der Waals surface area contributed by atoms with Gasteiger partial charge < -0.3 is 36.6 Å². The third kappa shape index (κ3) is 3.60. The van der Waals surface area contributed by atoms with Gasteiger partial charge in [0.05, 0.1) is 23.8 Å². The lowest BCUT2D eigenvalue weighted by molar-refractivity contribution is -0.137.